The minimum Gasteiger partial charge on any atom is -0.497 e. The first-order valence-corrected chi connectivity index (χ1v) is 8.84. The van der Waals surface area contributed by atoms with Crippen molar-refractivity contribution in [2.45, 2.75) is 0 Å². The van der Waals surface area contributed by atoms with Gasteiger partial charge in [-0.25, -0.2) is 9.97 Å². The molecule has 0 radical (unpaired) electrons. The van der Waals surface area contributed by atoms with E-state index in [1.807, 2.05) is 24.3 Å². The molecule has 0 N–H and O–H groups in total. The fraction of sp³-hybridized carbons (Fsp3) is 0.421. The second-order valence-electron chi connectivity index (χ2n) is 6.10. The topological polar surface area (TPSA) is 77.0 Å². The van der Waals surface area contributed by atoms with Crippen LogP contribution in [0, 0.1) is 0 Å². The molecule has 0 aliphatic carbocycles. The molecule has 0 saturated carbocycles. The Morgan fingerprint density at radius 3 is 2.26 bits per heavy atom. The first-order chi connectivity index (χ1) is 13.2. The molecule has 0 spiro atoms. The molecule has 1 saturated heterocycles. The lowest BCUT2D eigenvalue weighted by Gasteiger charge is -2.34. The summed E-state index contributed by atoms with van der Waals surface area (Å²) in [6.45, 7) is 4.35. The Morgan fingerprint density at radius 2 is 1.67 bits per heavy atom. The first-order valence-electron chi connectivity index (χ1n) is 8.84. The van der Waals surface area contributed by atoms with Crippen LogP contribution in [0.15, 0.2) is 36.7 Å². The molecule has 8 heteroatoms. The van der Waals surface area contributed by atoms with Crippen molar-refractivity contribution in [1.82, 2.24) is 19.8 Å². The molecule has 0 atom stereocenters. The highest BCUT2D eigenvalue weighted by molar-refractivity contribution is 5.92. The Hall–Kier alpha value is -2.87. The second-order valence-corrected chi connectivity index (χ2v) is 6.10. The average molecular weight is 372 g/mol. The molecule has 144 valence electrons. The van der Waals surface area contributed by atoms with Gasteiger partial charge in [0.1, 0.15) is 23.8 Å². The smallest absolute Gasteiger partial charge is 0.274 e. The first kappa shape index (κ1) is 18.9. The number of piperazine rings is 1. The van der Waals surface area contributed by atoms with Crippen molar-refractivity contribution in [3.05, 3.63) is 42.4 Å². The quantitative estimate of drug-likeness (QED) is 0.726. The minimum absolute atomic E-state index is 0.0979. The number of aromatic nitrogens is 2. The van der Waals surface area contributed by atoms with Crippen LogP contribution in [0.4, 0.5) is 0 Å². The van der Waals surface area contributed by atoms with Gasteiger partial charge < -0.3 is 19.1 Å². The zero-order valence-electron chi connectivity index (χ0n) is 15.6. The Labute approximate surface area is 158 Å². The lowest BCUT2D eigenvalue weighted by Crippen LogP contribution is -2.49. The van der Waals surface area contributed by atoms with Gasteiger partial charge in [0.2, 0.25) is 5.88 Å². The van der Waals surface area contributed by atoms with Gasteiger partial charge in [-0.1, -0.05) is 0 Å². The summed E-state index contributed by atoms with van der Waals surface area (Å²) in [6, 6.07) is 7.54. The number of hydrogen-bond acceptors (Lipinski definition) is 7. The number of hydrogen-bond donors (Lipinski definition) is 0. The van der Waals surface area contributed by atoms with Gasteiger partial charge in [-0.05, 0) is 24.3 Å². The Kier molecular flexibility index (Phi) is 6.43. The number of amides is 1. The molecule has 2 aromatic rings. The number of rotatable bonds is 7. The van der Waals surface area contributed by atoms with E-state index in [9.17, 15) is 4.79 Å². The zero-order chi connectivity index (χ0) is 19.1. The summed E-state index contributed by atoms with van der Waals surface area (Å²) in [6.07, 6.45) is 2.91. The van der Waals surface area contributed by atoms with Crippen LogP contribution in [0.3, 0.4) is 0 Å². The molecular weight excluding hydrogens is 348 g/mol. The fourth-order valence-corrected chi connectivity index (χ4v) is 2.83. The summed E-state index contributed by atoms with van der Waals surface area (Å²) < 4.78 is 15.9. The molecule has 3 rings (SSSR count). The molecule has 1 aromatic heterocycles. The van der Waals surface area contributed by atoms with Crippen LogP contribution in [0.5, 0.6) is 17.4 Å². The maximum absolute atomic E-state index is 12.5. The minimum atomic E-state index is -0.0979. The van der Waals surface area contributed by atoms with Gasteiger partial charge in [0.05, 0.1) is 26.6 Å². The summed E-state index contributed by atoms with van der Waals surface area (Å²) in [5.41, 5.74) is 0.340. The summed E-state index contributed by atoms with van der Waals surface area (Å²) in [7, 11) is 3.16. The van der Waals surface area contributed by atoms with Crippen LogP contribution in [0.25, 0.3) is 0 Å². The number of carbonyl (C=O) groups excluding carboxylic acids is 1. The maximum Gasteiger partial charge on any atom is 0.274 e. The largest absolute Gasteiger partial charge is 0.497 e. The summed E-state index contributed by atoms with van der Waals surface area (Å²) >= 11 is 0. The molecule has 1 aliphatic rings. The number of methoxy groups -OCH3 is 2. The van der Waals surface area contributed by atoms with Crippen molar-refractivity contribution < 1.29 is 19.0 Å². The molecule has 1 amide bonds. The predicted octanol–water partition coefficient (Wildman–Crippen LogP) is 1.33. The van der Waals surface area contributed by atoms with E-state index in [0.717, 1.165) is 31.1 Å². The number of carbonyl (C=O) groups is 1. The van der Waals surface area contributed by atoms with Gasteiger partial charge in [0, 0.05) is 32.7 Å². The molecule has 1 fully saturated rings. The molecule has 0 unspecified atom stereocenters. The number of benzene rings is 1. The third-order valence-electron chi connectivity index (χ3n) is 4.45. The SMILES string of the molecule is COc1ccc(OCCN2CCN(C(=O)c3cnc(OC)cn3)CC2)cc1. The van der Waals surface area contributed by atoms with E-state index in [1.54, 1.807) is 12.0 Å². The monoisotopic (exact) mass is 372 g/mol. The van der Waals surface area contributed by atoms with E-state index in [2.05, 4.69) is 14.9 Å². The Balaban J connectivity index is 1.40. The van der Waals surface area contributed by atoms with Gasteiger partial charge >= 0.3 is 0 Å². The van der Waals surface area contributed by atoms with Crippen molar-refractivity contribution in [2.24, 2.45) is 0 Å². The Bertz CT molecular complexity index is 728. The van der Waals surface area contributed by atoms with Crippen LogP contribution in [-0.2, 0) is 0 Å². The molecular formula is C19H24N4O4. The normalized spacial score (nSPS) is 14.7. The standard InChI is InChI=1S/C19H24N4O4/c1-25-15-3-5-16(6-4-15)27-12-11-22-7-9-23(10-8-22)19(24)17-13-21-18(26-2)14-20-17/h3-6,13-14H,7-12H2,1-2H3. The molecule has 1 aliphatic heterocycles. The third-order valence-corrected chi connectivity index (χ3v) is 4.45. The van der Waals surface area contributed by atoms with Crippen molar-refractivity contribution in [1.29, 1.82) is 0 Å². The van der Waals surface area contributed by atoms with E-state index >= 15 is 0 Å². The number of ether oxygens (including phenoxy) is 3. The fourth-order valence-electron chi connectivity index (χ4n) is 2.83. The molecule has 8 nitrogen and oxygen atoms in total. The summed E-state index contributed by atoms with van der Waals surface area (Å²) in [5, 5.41) is 0. The number of nitrogens with zero attached hydrogens (tertiary/aromatic N) is 4. The Morgan fingerprint density at radius 1 is 0.963 bits per heavy atom. The molecule has 1 aromatic carbocycles. The van der Waals surface area contributed by atoms with Crippen molar-refractivity contribution in [2.75, 3.05) is 53.6 Å². The van der Waals surface area contributed by atoms with Crippen molar-refractivity contribution >= 4 is 5.91 Å². The highest BCUT2D eigenvalue weighted by atomic mass is 16.5. The molecule has 2 heterocycles. The van der Waals surface area contributed by atoms with Crippen LogP contribution in [-0.4, -0.2) is 79.2 Å². The van der Waals surface area contributed by atoms with Gasteiger partial charge in [0.15, 0.2) is 0 Å². The van der Waals surface area contributed by atoms with Crippen LogP contribution < -0.4 is 14.2 Å². The van der Waals surface area contributed by atoms with Crippen LogP contribution in [0.2, 0.25) is 0 Å². The van der Waals surface area contributed by atoms with Crippen LogP contribution >= 0.6 is 0 Å². The van der Waals surface area contributed by atoms with Crippen molar-refractivity contribution in [3.8, 4) is 17.4 Å². The maximum atomic E-state index is 12.5. The van der Waals surface area contributed by atoms with E-state index in [4.69, 9.17) is 14.2 Å². The lowest BCUT2D eigenvalue weighted by molar-refractivity contribution is 0.0614. The second kappa shape index (κ2) is 9.18. The highest BCUT2D eigenvalue weighted by Crippen LogP contribution is 2.17. The van der Waals surface area contributed by atoms with Crippen LogP contribution in [0.1, 0.15) is 10.5 Å². The van der Waals surface area contributed by atoms with E-state index in [-0.39, 0.29) is 5.91 Å². The van der Waals surface area contributed by atoms with Gasteiger partial charge in [-0.3, -0.25) is 9.69 Å². The predicted molar refractivity (Wildman–Crippen MR) is 99.4 cm³/mol. The van der Waals surface area contributed by atoms with E-state index in [0.29, 0.717) is 31.3 Å². The summed E-state index contributed by atoms with van der Waals surface area (Å²) in [5.74, 6) is 1.93. The molecule has 0 bridgehead atoms. The van der Waals surface area contributed by atoms with Gasteiger partial charge in [0.25, 0.3) is 5.91 Å². The van der Waals surface area contributed by atoms with Gasteiger partial charge in [-0.15, -0.1) is 0 Å². The third kappa shape index (κ3) is 5.07. The van der Waals surface area contributed by atoms with Gasteiger partial charge in [-0.2, -0.15) is 0 Å². The van der Waals surface area contributed by atoms with Crippen molar-refractivity contribution in [3.63, 3.8) is 0 Å². The summed E-state index contributed by atoms with van der Waals surface area (Å²) in [4.78, 5) is 24.7. The average Bonchev–Trinajstić information content (AvgIpc) is 2.74. The highest BCUT2D eigenvalue weighted by Gasteiger charge is 2.23. The van der Waals surface area contributed by atoms with E-state index < -0.39 is 0 Å². The molecule has 27 heavy (non-hydrogen) atoms. The zero-order valence-corrected chi connectivity index (χ0v) is 15.6. The lowest BCUT2D eigenvalue weighted by atomic mass is 10.3. The van der Waals surface area contributed by atoms with E-state index in [1.165, 1.54) is 19.5 Å².